The molecule has 1 aromatic heterocycles. The Labute approximate surface area is 178 Å². The number of pyridine rings is 1. The van der Waals surface area contributed by atoms with E-state index in [1.165, 1.54) is 16.9 Å². The van der Waals surface area contributed by atoms with Gasteiger partial charge in [-0.15, -0.1) is 0 Å². The summed E-state index contributed by atoms with van der Waals surface area (Å²) in [5, 5.41) is 15.1. The maximum atomic E-state index is 13.7. The second-order valence-corrected chi connectivity index (χ2v) is 7.93. The van der Waals surface area contributed by atoms with Gasteiger partial charge in [-0.25, -0.2) is 4.39 Å². The first-order valence-electron chi connectivity index (χ1n) is 10.4. The van der Waals surface area contributed by atoms with E-state index in [0.29, 0.717) is 18.7 Å². The summed E-state index contributed by atoms with van der Waals surface area (Å²) >= 11 is 0. The quantitative estimate of drug-likeness (QED) is 0.774. The van der Waals surface area contributed by atoms with Gasteiger partial charge >= 0.3 is 0 Å². The van der Waals surface area contributed by atoms with E-state index in [0.717, 1.165) is 24.0 Å². The van der Waals surface area contributed by atoms with E-state index in [2.05, 4.69) is 5.32 Å². The van der Waals surface area contributed by atoms with Gasteiger partial charge in [-0.2, -0.15) is 0 Å². The average molecular weight is 428 g/mol. The zero-order valence-corrected chi connectivity index (χ0v) is 17.7. The molecule has 0 saturated carbocycles. The second-order valence-electron chi connectivity index (χ2n) is 7.93. The Morgan fingerprint density at radius 2 is 2.00 bits per heavy atom. The van der Waals surface area contributed by atoms with Crippen molar-refractivity contribution in [3.05, 3.63) is 62.3 Å². The maximum absolute atomic E-state index is 13.7. The van der Waals surface area contributed by atoms with Gasteiger partial charge < -0.3 is 15.3 Å². The van der Waals surface area contributed by atoms with E-state index in [1.54, 1.807) is 24.8 Å². The summed E-state index contributed by atoms with van der Waals surface area (Å²) in [6, 6.07) is 2.92. The SMILES string of the molecule is CCN1C(=O)c2c(O)c(=O)c(C(=O)NCc3ccc(F)c(C)c3C)cn2N2CCC[C@@H]12. The lowest BCUT2D eigenvalue weighted by molar-refractivity contribution is 0.0606. The fraction of sp³-hybridized carbons (Fsp3) is 0.409. The molecule has 0 unspecified atom stereocenters. The minimum Gasteiger partial charge on any atom is -0.502 e. The van der Waals surface area contributed by atoms with Gasteiger partial charge in [0.1, 0.15) is 17.5 Å². The zero-order valence-electron chi connectivity index (χ0n) is 17.7. The Morgan fingerprint density at radius 1 is 1.26 bits per heavy atom. The first-order valence-corrected chi connectivity index (χ1v) is 10.4. The largest absolute Gasteiger partial charge is 0.502 e. The number of halogens is 1. The van der Waals surface area contributed by atoms with Crippen molar-refractivity contribution in [2.24, 2.45) is 0 Å². The molecule has 3 heterocycles. The highest BCUT2D eigenvalue weighted by Gasteiger charge is 2.42. The molecule has 31 heavy (non-hydrogen) atoms. The molecule has 0 radical (unpaired) electrons. The second kappa shape index (κ2) is 7.72. The molecule has 9 heteroatoms. The number of fused-ring (bicyclic) bond motifs is 3. The number of hydrogen-bond donors (Lipinski definition) is 2. The molecule has 1 fully saturated rings. The third-order valence-corrected chi connectivity index (χ3v) is 6.32. The van der Waals surface area contributed by atoms with Crippen LogP contribution in [0.25, 0.3) is 0 Å². The van der Waals surface area contributed by atoms with Gasteiger partial charge in [0.05, 0.1) is 0 Å². The number of nitrogens with one attached hydrogen (secondary N) is 1. The van der Waals surface area contributed by atoms with Gasteiger partial charge in [0.15, 0.2) is 11.4 Å². The molecule has 2 aliphatic heterocycles. The predicted molar refractivity (Wildman–Crippen MR) is 112 cm³/mol. The van der Waals surface area contributed by atoms with Crippen molar-refractivity contribution < 1.29 is 19.1 Å². The molecule has 4 rings (SSSR count). The van der Waals surface area contributed by atoms with Crippen LogP contribution in [-0.4, -0.2) is 45.8 Å². The molecular formula is C22H25FN4O4. The average Bonchev–Trinajstić information content (AvgIpc) is 3.23. The lowest BCUT2D eigenvalue weighted by Gasteiger charge is -2.42. The van der Waals surface area contributed by atoms with Crippen molar-refractivity contribution in [3.63, 3.8) is 0 Å². The Morgan fingerprint density at radius 3 is 2.71 bits per heavy atom. The van der Waals surface area contributed by atoms with Gasteiger partial charge in [0.25, 0.3) is 11.8 Å². The summed E-state index contributed by atoms with van der Waals surface area (Å²) in [6.07, 6.45) is 2.79. The molecule has 2 aromatic rings. The smallest absolute Gasteiger partial charge is 0.278 e. The first kappa shape index (κ1) is 20.9. The Balaban J connectivity index is 1.68. The van der Waals surface area contributed by atoms with Crippen LogP contribution in [0.2, 0.25) is 0 Å². The lowest BCUT2D eigenvalue weighted by Crippen LogP contribution is -2.58. The molecule has 0 bridgehead atoms. The number of amides is 2. The number of benzene rings is 1. The van der Waals surface area contributed by atoms with Crippen LogP contribution in [0, 0.1) is 19.7 Å². The molecule has 164 valence electrons. The molecule has 1 aromatic carbocycles. The van der Waals surface area contributed by atoms with Crippen molar-refractivity contribution >= 4 is 11.8 Å². The molecule has 2 amide bonds. The van der Waals surface area contributed by atoms with Crippen LogP contribution in [0.4, 0.5) is 4.39 Å². The molecule has 2 aliphatic rings. The van der Waals surface area contributed by atoms with Crippen LogP contribution in [0.3, 0.4) is 0 Å². The summed E-state index contributed by atoms with van der Waals surface area (Å²) < 4.78 is 15.1. The number of nitrogens with zero attached hydrogens (tertiary/aromatic N) is 3. The van der Waals surface area contributed by atoms with Crippen molar-refractivity contribution in [3.8, 4) is 5.75 Å². The summed E-state index contributed by atoms with van der Waals surface area (Å²) in [5.41, 5.74) is 0.682. The summed E-state index contributed by atoms with van der Waals surface area (Å²) in [7, 11) is 0. The molecule has 8 nitrogen and oxygen atoms in total. The Bertz CT molecular complexity index is 1140. The number of carbonyl (C=O) groups is 2. The van der Waals surface area contributed by atoms with Crippen LogP contribution in [0.5, 0.6) is 5.75 Å². The summed E-state index contributed by atoms with van der Waals surface area (Å²) in [4.78, 5) is 40.1. The van der Waals surface area contributed by atoms with Crippen LogP contribution in [0.15, 0.2) is 23.1 Å². The fourth-order valence-electron chi connectivity index (χ4n) is 4.39. The van der Waals surface area contributed by atoms with Crippen LogP contribution in [0.1, 0.15) is 57.3 Å². The molecule has 2 N–H and O–H groups in total. The van der Waals surface area contributed by atoms with E-state index < -0.39 is 23.0 Å². The van der Waals surface area contributed by atoms with Crippen LogP contribution < -0.4 is 15.8 Å². The normalized spacial score (nSPS) is 17.5. The van der Waals surface area contributed by atoms with Gasteiger partial charge in [-0.1, -0.05) is 6.07 Å². The zero-order chi connectivity index (χ0) is 22.4. The monoisotopic (exact) mass is 428 g/mol. The highest BCUT2D eigenvalue weighted by atomic mass is 19.1. The molecule has 1 atom stereocenters. The Hall–Kier alpha value is -3.36. The maximum Gasteiger partial charge on any atom is 0.278 e. The fourth-order valence-corrected chi connectivity index (χ4v) is 4.39. The first-order chi connectivity index (χ1) is 14.8. The van der Waals surface area contributed by atoms with Gasteiger partial charge in [0.2, 0.25) is 5.43 Å². The van der Waals surface area contributed by atoms with E-state index in [-0.39, 0.29) is 29.8 Å². The van der Waals surface area contributed by atoms with E-state index in [1.807, 2.05) is 11.9 Å². The minimum atomic E-state index is -0.891. The number of hydrogen-bond acceptors (Lipinski definition) is 5. The molecular weight excluding hydrogens is 403 g/mol. The molecule has 0 aliphatic carbocycles. The topological polar surface area (TPSA) is 94.9 Å². The van der Waals surface area contributed by atoms with Crippen molar-refractivity contribution in [2.45, 2.75) is 46.3 Å². The number of rotatable bonds is 4. The van der Waals surface area contributed by atoms with Crippen molar-refractivity contribution in [2.75, 3.05) is 18.1 Å². The summed E-state index contributed by atoms with van der Waals surface area (Å²) in [5.74, 6) is -2.14. The van der Waals surface area contributed by atoms with Crippen molar-refractivity contribution in [1.29, 1.82) is 0 Å². The number of aromatic hydroxyl groups is 1. The van der Waals surface area contributed by atoms with E-state index in [9.17, 15) is 23.9 Å². The van der Waals surface area contributed by atoms with Gasteiger partial charge in [0, 0.05) is 25.8 Å². The number of carbonyl (C=O) groups excluding carboxylic acids is 2. The summed E-state index contributed by atoms with van der Waals surface area (Å²) in [6.45, 7) is 6.46. The third kappa shape index (κ3) is 3.24. The molecule has 0 spiro atoms. The van der Waals surface area contributed by atoms with E-state index >= 15 is 0 Å². The highest BCUT2D eigenvalue weighted by Crippen LogP contribution is 2.30. The standard InChI is InChI=1S/C22H25FN4O4/c1-4-25-17-6-5-9-26(17)27-11-15(19(28)20(29)18(27)22(25)31)21(30)24-10-14-7-8-16(23)13(3)12(14)2/h7-8,11,17,29H,4-6,9-10H2,1-3H3,(H,24,30)/t17-/m0/s1. The highest BCUT2D eigenvalue weighted by molar-refractivity contribution is 5.99. The van der Waals surface area contributed by atoms with Crippen LogP contribution in [-0.2, 0) is 6.54 Å². The third-order valence-electron chi connectivity index (χ3n) is 6.32. The van der Waals surface area contributed by atoms with Crippen molar-refractivity contribution in [1.82, 2.24) is 14.9 Å². The van der Waals surface area contributed by atoms with E-state index in [4.69, 9.17) is 0 Å². The molecule has 1 saturated heterocycles. The number of aromatic nitrogens is 1. The van der Waals surface area contributed by atoms with Gasteiger partial charge in [-0.3, -0.25) is 24.1 Å². The Kier molecular flexibility index (Phi) is 5.20. The minimum absolute atomic E-state index is 0.0998. The predicted octanol–water partition coefficient (Wildman–Crippen LogP) is 1.77. The van der Waals surface area contributed by atoms with Crippen LogP contribution >= 0.6 is 0 Å². The van der Waals surface area contributed by atoms with Gasteiger partial charge in [-0.05, 0) is 56.4 Å². The lowest BCUT2D eigenvalue weighted by atomic mass is 10.0.